The first kappa shape index (κ1) is 17.7. The van der Waals surface area contributed by atoms with Gasteiger partial charge in [0.1, 0.15) is 0 Å². The Balaban J connectivity index is 1.61. The molecular weight excluding hydrogens is 320 g/mol. The van der Waals surface area contributed by atoms with Crippen molar-refractivity contribution < 1.29 is 9.53 Å². The third-order valence-electron chi connectivity index (χ3n) is 5.24. The monoisotopic (exact) mass is 348 g/mol. The van der Waals surface area contributed by atoms with Gasteiger partial charge in [-0.3, -0.25) is 4.79 Å². The van der Waals surface area contributed by atoms with Crippen molar-refractivity contribution in [3.05, 3.63) is 6.20 Å². The summed E-state index contributed by atoms with van der Waals surface area (Å²) < 4.78 is 5.47. The first-order chi connectivity index (χ1) is 12.0. The zero-order valence-corrected chi connectivity index (χ0v) is 14.7. The van der Waals surface area contributed by atoms with Crippen LogP contribution in [0.4, 0.5) is 17.5 Å². The van der Waals surface area contributed by atoms with E-state index in [0.29, 0.717) is 29.4 Å². The van der Waals surface area contributed by atoms with Crippen LogP contribution in [0.1, 0.15) is 39.0 Å². The van der Waals surface area contributed by atoms with E-state index < -0.39 is 0 Å². The highest BCUT2D eigenvalue weighted by atomic mass is 16.5. The van der Waals surface area contributed by atoms with Crippen LogP contribution in [-0.4, -0.2) is 41.2 Å². The second kappa shape index (κ2) is 7.86. The van der Waals surface area contributed by atoms with E-state index in [2.05, 4.69) is 27.5 Å². The Labute approximate surface area is 148 Å². The molecule has 8 heteroatoms. The van der Waals surface area contributed by atoms with Gasteiger partial charge in [0.2, 0.25) is 11.9 Å². The Kier molecular flexibility index (Phi) is 5.57. The third-order valence-corrected chi connectivity index (χ3v) is 5.24. The van der Waals surface area contributed by atoms with Gasteiger partial charge in [-0.05, 0) is 38.0 Å². The van der Waals surface area contributed by atoms with Crippen LogP contribution in [-0.2, 0) is 9.53 Å². The molecular formula is C17H28N6O2. The molecule has 0 bridgehead atoms. The van der Waals surface area contributed by atoms with Crippen LogP contribution in [0.2, 0.25) is 0 Å². The molecule has 0 spiro atoms. The zero-order chi connectivity index (χ0) is 17.8. The highest BCUT2D eigenvalue weighted by Crippen LogP contribution is 2.28. The molecule has 1 saturated carbocycles. The Morgan fingerprint density at radius 3 is 2.68 bits per heavy atom. The molecule has 0 radical (unpaired) electrons. The molecule has 2 atom stereocenters. The maximum absolute atomic E-state index is 11.3. The number of nitrogen functional groups attached to an aromatic ring is 1. The van der Waals surface area contributed by atoms with Crippen molar-refractivity contribution in [2.24, 2.45) is 17.6 Å². The normalized spacial score (nSPS) is 29.8. The molecule has 6 N–H and O–H groups in total. The summed E-state index contributed by atoms with van der Waals surface area (Å²) in [5.74, 6) is 1.45. The van der Waals surface area contributed by atoms with E-state index in [0.717, 1.165) is 45.3 Å². The van der Waals surface area contributed by atoms with E-state index in [1.807, 2.05) is 0 Å². The molecule has 1 amide bonds. The van der Waals surface area contributed by atoms with Crippen molar-refractivity contribution >= 4 is 23.4 Å². The average molecular weight is 348 g/mol. The number of carbonyl (C=O) groups is 1. The van der Waals surface area contributed by atoms with E-state index in [1.54, 1.807) is 6.20 Å². The fraction of sp³-hybridized carbons (Fsp3) is 0.706. The molecule has 1 aliphatic heterocycles. The minimum atomic E-state index is -0.197. The van der Waals surface area contributed by atoms with Gasteiger partial charge < -0.3 is 26.8 Å². The van der Waals surface area contributed by atoms with Gasteiger partial charge in [0.25, 0.3) is 0 Å². The van der Waals surface area contributed by atoms with E-state index in [9.17, 15) is 4.79 Å². The number of amides is 1. The van der Waals surface area contributed by atoms with Crippen molar-refractivity contribution in [1.29, 1.82) is 0 Å². The third kappa shape index (κ3) is 4.50. The molecule has 1 aliphatic carbocycles. The molecule has 138 valence electrons. The average Bonchev–Trinajstić information content (AvgIpc) is 2.60. The predicted octanol–water partition coefficient (Wildman–Crippen LogP) is 1.35. The van der Waals surface area contributed by atoms with Gasteiger partial charge in [-0.15, -0.1) is 0 Å². The molecule has 8 nitrogen and oxygen atoms in total. The maximum atomic E-state index is 11.3. The number of nitrogens with zero attached hydrogens (tertiary/aromatic N) is 2. The minimum absolute atomic E-state index is 0.00645. The highest BCUT2D eigenvalue weighted by molar-refractivity contribution is 5.76. The Hall–Kier alpha value is -2.09. The molecule has 2 fully saturated rings. The van der Waals surface area contributed by atoms with Gasteiger partial charge in [0.15, 0.2) is 5.82 Å². The fourth-order valence-electron chi connectivity index (χ4n) is 3.55. The zero-order valence-electron chi connectivity index (χ0n) is 14.7. The van der Waals surface area contributed by atoms with Crippen molar-refractivity contribution in [1.82, 2.24) is 9.97 Å². The van der Waals surface area contributed by atoms with Crippen molar-refractivity contribution in [2.45, 2.75) is 51.1 Å². The second-order valence-electron chi connectivity index (χ2n) is 7.18. The number of nitrogens with two attached hydrogens (primary N) is 2. The molecule has 0 aromatic carbocycles. The number of carbonyl (C=O) groups excluding carboxylic acids is 1. The first-order valence-electron chi connectivity index (χ1n) is 9.05. The summed E-state index contributed by atoms with van der Waals surface area (Å²) in [5, 5.41) is 6.80. The quantitative estimate of drug-likeness (QED) is 0.632. The molecule has 2 heterocycles. The van der Waals surface area contributed by atoms with Crippen LogP contribution < -0.4 is 22.1 Å². The second-order valence-corrected chi connectivity index (χ2v) is 7.18. The summed E-state index contributed by atoms with van der Waals surface area (Å²) in [6.45, 7) is 3.66. The molecule has 1 aromatic heterocycles. The number of ether oxygens (including phenoxy) is 1. The summed E-state index contributed by atoms with van der Waals surface area (Å²) in [4.78, 5) is 20.1. The smallest absolute Gasteiger partial charge is 0.224 e. The lowest BCUT2D eigenvalue weighted by Gasteiger charge is -2.30. The van der Waals surface area contributed by atoms with Gasteiger partial charge in [-0.2, -0.15) is 4.98 Å². The lowest BCUT2D eigenvalue weighted by atomic mass is 9.85. The van der Waals surface area contributed by atoms with E-state index >= 15 is 0 Å². The molecule has 1 saturated heterocycles. The van der Waals surface area contributed by atoms with Gasteiger partial charge in [0.05, 0.1) is 18.5 Å². The number of primary amides is 1. The predicted molar refractivity (Wildman–Crippen MR) is 97.0 cm³/mol. The van der Waals surface area contributed by atoms with Crippen molar-refractivity contribution in [3.63, 3.8) is 0 Å². The van der Waals surface area contributed by atoms with E-state index in [-0.39, 0.29) is 17.9 Å². The van der Waals surface area contributed by atoms with Crippen LogP contribution in [0, 0.1) is 11.8 Å². The molecule has 3 rings (SSSR count). The standard InChI is InChI=1S/C17H28N6O2/c1-10-9-25-7-6-14(10)22-17-20-8-13(18)16(23-17)21-12-4-2-11(3-5-12)15(19)24/h8,10-12,14H,2-7,9,18H2,1H3,(H2,19,24)(H2,20,21,22,23)/t10-,11-,12-,14-/m1/s1. The fourth-order valence-corrected chi connectivity index (χ4v) is 3.55. The van der Waals surface area contributed by atoms with Crippen LogP contribution in [0.25, 0.3) is 0 Å². The SMILES string of the molecule is C[C@@H]1COCC[C@H]1Nc1ncc(N)c(N[C@H]2CC[C@H](C(N)=O)CC2)n1. The van der Waals surface area contributed by atoms with Crippen molar-refractivity contribution in [2.75, 3.05) is 29.6 Å². The summed E-state index contributed by atoms with van der Waals surface area (Å²) in [7, 11) is 0. The minimum Gasteiger partial charge on any atom is -0.394 e. The van der Waals surface area contributed by atoms with Crippen LogP contribution in [0.15, 0.2) is 6.20 Å². The van der Waals surface area contributed by atoms with Gasteiger partial charge in [-0.25, -0.2) is 4.98 Å². The Morgan fingerprint density at radius 1 is 1.24 bits per heavy atom. The number of rotatable bonds is 5. The van der Waals surface area contributed by atoms with Gasteiger partial charge >= 0.3 is 0 Å². The van der Waals surface area contributed by atoms with Crippen LogP contribution in [0.5, 0.6) is 0 Å². The molecule has 0 unspecified atom stereocenters. The van der Waals surface area contributed by atoms with Gasteiger partial charge in [0, 0.05) is 24.6 Å². The molecule has 2 aliphatic rings. The lowest BCUT2D eigenvalue weighted by molar-refractivity contribution is -0.122. The summed E-state index contributed by atoms with van der Waals surface area (Å²) in [5.41, 5.74) is 12.0. The van der Waals surface area contributed by atoms with Gasteiger partial charge in [-0.1, -0.05) is 6.92 Å². The summed E-state index contributed by atoms with van der Waals surface area (Å²) >= 11 is 0. The molecule has 1 aromatic rings. The topological polar surface area (TPSA) is 128 Å². The number of anilines is 3. The summed E-state index contributed by atoms with van der Waals surface area (Å²) in [6.07, 6.45) is 5.96. The van der Waals surface area contributed by atoms with Crippen molar-refractivity contribution in [3.8, 4) is 0 Å². The highest BCUT2D eigenvalue weighted by Gasteiger charge is 2.26. The Morgan fingerprint density at radius 2 is 2.00 bits per heavy atom. The number of hydrogen-bond acceptors (Lipinski definition) is 7. The maximum Gasteiger partial charge on any atom is 0.224 e. The van der Waals surface area contributed by atoms with E-state index in [4.69, 9.17) is 16.2 Å². The Bertz CT molecular complexity index is 603. The number of hydrogen-bond donors (Lipinski definition) is 4. The first-order valence-corrected chi connectivity index (χ1v) is 9.05. The largest absolute Gasteiger partial charge is 0.394 e. The van der Waals surface area contributed by atoms with Crippen LogP contribution >= 0.6 is 0 Å². The van der Waals surface area contributed by atoms with Crippen LogP contribution in [0.3, 0.4) is 0 Å². The summed E-state index contributed by atoms with van der Waals surface area (Å²) in [6, 6.07) is 0.555. The molecule has 25 heavy (non-hydrogen) atoms. The lowest BCUT2D eigenvalue weighted by Crippen LogP contribution is -2.36. The number of aromatic nitrogens is 2. The number of nitrogens with one attached hydrogen (secondary N) is 2. The van der Waals surface area contributed by atoms with E-state index in [1.165, 1.54) is 0 Å².